The van der Waals surface area contributed by atoms with E-state index in [1.165, 1.54) is 13.2 Å². The van der Waals surface area contributed by atoms with Crippen molar-refractivity contribution in [2.45, 2.75) is 12.8 Å². The van der Waals surface area contributed by atoms with E-state index in [9.17, 15) is 9.59 Å². The van der Waals surface area contributed by atoms with Crippen LogP contribution >= 0.6 is 11.6 Å². The summed E-state index contributed by atoms with van der Waals surface area (Å²) in [5.41, 5.74) is 0.399. The first-order valence-electron chi connectivity index (χ1n) is 5.11. The molecule has 0 N–H and O–H groups in total. The summed E-state index contributed by atoms with van der Waals surface area (Å²) in [4.78, 5) is 21.6. The number of rotatable bonds is 6. The van der Waals surface area contributed by atoms with Crippen molar-refractivity contribution in [3.8, 4) is 5.75 Å². The maximum atomic E-state index is 10.8. The van der Waals surface area contributed by atoms with E-state index >= 15 is 0 Å². The highest BCUT2D eigenvalue weighted by molar-refractivity contribution is 6.30. The van der Waals surface area contributed by atoms with E-state index in [2.05, 4.69) is 4.74 Å². The van der Waals surface area contributed by atoms with Crippen LogP contribution in [-0.2, 0) is 9.53 Å². The third-order valence-electron chi connectivity index (χ3n) is 2.11. The SMILES string of the molecule is COC(=O)CCCOc1ccc(Cl)cc1C=O. The van der Waals surface area contributed by atoms with Crippen molar-refractivity contribution in [2.75, 3.05) is 13.7 Å². The van der Waals surface area contributed by atoms with E-state index in [0.29, 0.717) is 42.1 Å². The third kappa shape index (κ3) is 4.44. The maximum absolute atomic E-state index is 10.8. The van der Waals surface area contributed by atoms with Gasteiger partial charge in [0.1, 0.15) is 5.75 Å². The molecule has 0 bridgehead atoms. The van der Waals surface area contributed by atoms with Crippen LogP contribution < -0.4 is 4.74 Å². The highest BCUT2D eigenvalue weighted by Crippen LogP contribution is 2.21. The van der Waals surface area contributed by atoms with Crippen LogP contribution in [0.25, 0.3) is 0 Å². The van der Waals surface area contributed by atoms with Crippen LogP contribution in [0.2, 0.25) is 5.02 Å². The number of aldehydes is 1. The lowest BCUT2D eigenvalue weighted by molar-refractivity contribution is -0.140. The molecule has 0 aromatic heterocycles. The number of hydrogen-bond acceptors (Lipinski definition) is 4. The van der Waals surface area contributed by atoms with Crippen LogP contribution in [0.4, 0.5) is 0 Å². The van der Waals surface area contributed by atoms with Gasteiger partial charge in [-0.05, 0) is 24.6 Å². The molecule has 0 heterocycles. The van der Waals surface area contributed by atoms with Crippen LogP contribution in [-0.4, -0.2) is 26.0 Å². The maximum Gasteiger partial charge on any atom is 0.305 e. The Balaban J connectivity index is 2.46. The Morgan fingerprint density at radius 2 is 2.24 bits per heavy atom. The highest BCUT2D eigenvalue weighted by Gasteiger charge is 2.05. The van der Waals surface area contributed by atoms with Crippen molar-refractivity contribution in [3.63, 3.8) is 0 Å². The number of carbonyl (C=O) groups is 2. The van der Waals surface area contributed by atoms with Gasteiger partial charge in [-0.15, -0.1) is 0 Å². The van der Waals surface area contributed by atoms with E-state index in [1.807, 2.05) is 0 Å². The number of ether oxygens (including phenoxy) is 2. The van der Waals surface area contributed by atoms with Gasteiger partial charge in [0.2, 0.25) is 0 Å². The summed E-state index contributed by atoms with van der Waals surface area (Å²) >= 11 is 5.74. The van der Waals surface area contributed by atoms with Crippen molar-refractivity contribution >= 4 is 23.9 Å². The first-order valence-corrected chi connectivity index (χ1v) is 5.49. The second-order valence-corrected chi connectivity index (χ2v) is 3.76. The minimum absolute atomic E-state index is 0.277. The Morgan fingerprint density at radius 3 is 2.88 bits per heavy atom. The molecule has 92 valence electrons. The van der Waals surface area contributed by atoms with Crippen molar-refractivity contribution in [1.82, 2.24) is 0 Å². The Hall–Kier alpha value is -1.55. The molecule has 5 heteroatoms. The fraction of sp³-hybridized carbons (Fsp3) is 0.333. The lowest BCUT2D eigenvalue weighted by Crippen LogP contribution is -2.05. The van der Waals surface area contributed by atoms with Gasteiger partial charge in [0, 0.05) is 11.4 Å². The quantitative estimate of drug-likeness (QED) is 0.446. The molecule has 0 atom stereocenters. The molecule has 0 aliphatic rings. The molecule has 0 spiro atoms. The number of benzene rings is 1. The number of hydrogen-bond donors (Lipinski definition) is 0. The highest BCUT2D eigenvalue weighted by atomic mass is 35.5. The number of carbonyl (C=O) groups excluding carboxylic acids is 2. The smallest absolute Gasteiger partial charge is 0.305 e. The molecular formula is C12H13ClO4. The van der Waals surface area contributed by atoms with E-state index in [4.69, 9.17) is 16.3 Å². The molecule has 0 radical (unpaired) electrons. The van der Waals surface area contributed by atoms with Gasteiger partial charge in [-0.2, -0.15) is 0 Å². The van der Waals surface area contributed by atoms with Crippen LogP contribution in [0, 0.1) is 0 Å². The zero-order valence-electron chi connectivity index (χ0n) is 9.44. The van der Waals surface area contributed by atoms with Crippen molar-refractivity contribution < 1.29 is 19.1 Å². The van der Waals surface area contributed by atoms with Crippen molar-refractivity contribution in [2.24, 2.45) is 0 Å². The molecule has 0 fully saturated rings. The van der Waals surface area contributed by atoms with Gasteiger partial charge in [-0.3, -0.25) is 9.59 Å². The summed E-state index contributed by atoms with van der Waals surface area (Å²) in [6.45, 7) is 0.345. The first kappa shape index (κ1) is 13.5. The number of halogens is 1. The van der Waals surface area contributed by atoms with E-state index in [-0.39, 0.29) is 5.97 Å². The third-order valence-corrected chi connectivity index (χ3v) is 2.34. The molecule has 0 amide bonds. The molecule has 0 saturated heterocycles. The van der Waals surface area contributed by atoms with Gasteiger partial charge in [-0.1, -0.05) is 11.6 Å². The summed E-state index contributed by atoms with van der Waals surface area (Å²) in [7, 11) is 1.34. The average Bonchev–Trinajstić information content (AvgIpc) is 2.35. The lowest BCUT2D eigenvalue weighted by Gasteiger charge is -2.08. The molecule has 0 unspecified atom stereocenters. The van der Waals surface area contributed by atoms with Crippen LogP contribution in [0.5, 0.6) is 5.75 Å². The summed E-state index contributed by atoms with van der Waals surface area (Å²) in [6, 6.07) is 4.80. The predicted octanol–water partition coefficient (Wildman–Crippen LogP) is 2.48. The van der Waals surface area contributed by atoms with Crippen molar-refractivity contribution in [3.05, 3.63) is 28.8 Å². The zero-order valence-corrected chi connectivity index (χ0v) is 10.2. The molecule has 1 rings (SSSR count). The standard InChI is InChI=1S/C12H13ClO4/c1-16-12(15)3-2-6-17-11-5-4-10(13)7-9(11)8-14/h4-5,7-8H,2-3,6H2,1H3. The molecule has 1 aromatic rings. The molecule has 0 aliphatic carbocycles. The molecule has 1 aromatic carbocycles. The summed E-state index contributed by atoms with van der Waals surface area (Å²) in [6.07, 6.45) is 1.51. The van der Waals surface area contributed by atoms with Crippen LogP contribution in [0.3, 0.4) is 0 Å². The first-order chi connectivity index (χ1) is 8.17. The topological polar surface area (TPSA) is 52.6 Å². The van der Waals surface area contributed by atoms with Gasteiger partial charge in [-0.25, -0.2) is 0 Å². The van der Waals surface area contributed by atoms with Crippen molar-refractivity contribution in [1.29, 1.82) is 0 Å². The van der Waals surface area contributed by atoms with Gasteiger partial charge < -0.3 is 9.47 Å². The second kappa shape index (κ2) is 6.91. The number of methoxy groups -OCH3 is 1. The van der Waals surface area contributed by atoms with Gasteiger partial charge in [0.05, 0.1) is 19.3 Å². The molecular weight excluding hydrogens is 244 g/mol. The fourth-order valence-electron chi connectivity index (χ4n) is 1.24. The predicted molar refractivity (Wildman–Crippen MR) is 63.6 cm³/mol. The average molecular weight is 257 g/mol. The summed E-state index contributed by atoms with van der Waals surface area (Å²) in [5, 5.41) is 0.481. The summed E-state index contributed by atoms with van der Waals surface area (Å²) in [5.74, 6) is 0.189. The monoisotopic (exact) mass is 256 g/mol. The minimum atomic E-state index is -0.277. The summed E-state index contributed by atoms with van der Waals surface area (Å²) < 4.78 is 9.88. The van der Waals surface area contributed by atoms with Crippen LogP contribution in [0.1, 0.15) is 23.2 Å². The Bertz CT molecular complexity index is 403. The molecule has 0 aliphatic heterocycles. The Labute approximate surface area is 104 Å². The molecule has 0 saturated carbocycles. The normalized spacial score (nSPS) is 9.76. The Morgan fingerprint density at radius 1 is 1.47 bits per heavy atom. The van der Waals surface area contributed by atoms with Gasteiger partial charge in [0.15, 0.2) is 6.29 Å². The van der Waals surface area contributed by atoms with Crippen LogP contribution in [0.15, 0.2) is 18.2 Å². The zero-order chi connectivity index (χ0) is 12.7. The Kier molecular flexibility index (Phi) is 5.49. The number of esters is 1. The van der Waals surface area contributed by atoms with Gasteiger partial charge in [0.25, 0.3) is 0 Å². The van der Waals surface area contributed by atoms with E-state index in [0.717, 1.165) is 0 Å². The molecule has 4 nitrogen and oxygen atoms in total. The lowest BCUT2D eigenvalue weighted by atomic mass is 10.2. The molecule has 17 heavy (non-hydrogen) atoms. The fourth-order valence-corrected chi connectivity index (χ4v) is 1.42. The van der Waals surface area contributed by atoms with E-state index in [1.54, 1.807) is 12.1 Å². The largest absolute Gasteiger partial charge is 0.493 e. The van der Waals surface area contributed by atoms with Gasteiger partial charge >= 0.3 is 5.97 Å². The minimum Gasteiger partial charge on any atom is -0.493 e. The second-order valence-electron chi connectivity index (χ2n) is 3.33. The van der Waals surface area contributed by atoms with E-state index < -0.39 is 0 Å².